The van der Waals surface area contributed by atoms with Gasteiger partial charge in [-0.2, -0.15) is 0 Å². The summed E-state index contributed by atoms with van der Waals surface area (Å²) in [5.74, 6) is 0.0989. The van der Waals surface area contributed by atoms with Gasteiger partial charge in [-0.25, -0.2) is 8.42 Å². The molecule has 1 amide bonds. The average Bonchev–Trinajstić information content (AvgIpc) is 2.75. The number of carbonyl (C=O) groups excluding carboxylic acids is 1. The number of hydrogen-bond donors (Lipinski definition) is 1. The smallest absolute Gasteiger partial charge is 0.255 e. The summed E-state index contributed by atoms with van der Waals surface area (Å²) in [6.45, 7) is 10.3. The molecule has 1 N–H and O–H groups in total. The van der Waals surface area contributed by atoms with E-state index in [9.17, 15) is 13.2 Å². The molecule has 3 aromatic carbocycles. The third kappa shape index (κ3) is 5.82. The van der Waals surface area contributed by atoms with Crippen molar-refractivity contribution in [3.05, 3.63) is 94.0 Å². The van der Waals surface area contributed by atoms with E-state index < -0.39 is 10.0 Å². The monoisotopic (exact) mass is 464 g/mol. The second kappa shape index (κ2) is 9.79. The molecule has 0 fully saturated rings. The molecule has 5 nitrogen and oxygen atoms in total. The topological polar surface area (TPSA) is 66.5 Å². The number of amides is 1. The maximum Gasteiger partial charge on any atom is 0.255 e. The van der Waals surface area contributed by atoms with Crippen molar-refractivity contribution in [2.75, 3.05) is 15.9 Å². The van der Waals surface area contributed by atoms with E-state index >= 15 is 0 Å². The molecule has 6 heteroatoms. The first kappa shape index (κ1) is 24.5. The summed E-state index contributed by atoms with van der Waals surface area (Å²) >= 11 is 0. The molecular weight excluding hydrogens is 432 g/mol. The van der Waals surface area contributed by atoms with Crippen LogP contribution in [0.15, 0.2) is 60.7 Å². The third-order valence-corrected chi connectivity index (χ3v) is 7.03. The highest BCUT2D eigenvalue weighted by Gasteiger charge is 2.19. The van der Waals surface area contributed by atoms with Gasteiger partial charge >= 0.3 is 0 Å². The molecule has 3 rings (SSSR count). The molecule has 0 saturated carbocycles. The van der Waals surface area contributed by atoms with Crippen LogP contribution < -0.4 is 9.62 Å². The summed E-state index contributed by atoms with van der Waals surface area (Å²) in [6.07, 6.45) is 1.21. The Kier molecular flexibility index (Phi) is 7.28. The second-order valence-corrected chi connectivity index (χ2v) is 10.8. The van der Waals surface area contributed by atoms with Gasteiger partial charge in [-0.1, -0.05) is 50.2 Å². The van der Waals surface area contributed by atoms with Crippen LogP contribution in [0.3, 0.4) is 0 Å². The van der Waals surface area contributed by atoms with Crippen LogP contribution in [0, 0.1) is 20.8 Å². The molecule has 0 unspecified atom stereocenters. The van der Waals surface area contributed by atoms with Crippen molar-refractivity contribution >= 4 is 27.3 Å². The number of aryl methyl sites for hydroxylation is 3. The fourth-order valence-electron chi connectivity index (χ4n) is 3.74. The van der Waals surface area contributed by atoms with Crippen molar-refractivity contribution in [3.63, 3.8) is 0 Å². The molecule has 0 saturated heterocycles. The fraction of sp³-hybridized carbons (Fsp3) is 0.296. The number of nitrogens with zero attached hydrogens (tertiary/aromatic N) is 1. The number of hydrogen-bond acceptors (Lipinski definition) is 3. The first-order valence-corrected chi connectivity index (χ1v) is 12.9. The first-order valence-electron chi connectivity index (χ1n) is 11.0. The van der Waals surface area contributed by atoms with E-state index in [1.54, 1.807) is 24.3 Å². The van der Waals surface area contributed by atoms with Gasteiger partial charge in [0.25, 0.3) is 5.91 Å². The Morgan fingerprint density at radius 2 is 1.58 bits per heavy atom. The summed E-state index contributed by atoms with van der Waals surface area (Å²) in [6, 6.07) is 18.7. The Balaban J connectivity index is 1.82. The number of rotatable bonds is 7. The van der Waals surface area contributed by atoms with Crippen LogP contribution in [0.1, 0.15) is 57.9 Å². The lowest BCUT2D eigenvalue weighted by Crippen LogP contribution is -2.29. The zero-order valence-electron chi connectivity index (χ0n) is 20.1. The van der Waals surface area contributed by atoms with Crippen LogP contribution in [0.25, 0.3) is 0 Å². The van der Waals surface area contributed by atoms with E-state index in [0.29, 0.717) is 11.3 Å². The van der Waals surface area contributed by atoms with Crippen LogP contribution in [0.5, 0.6) is 0 Å². The summed E-state index contributed by atoms with van der Waals surface area (Å²) in [5, 5.41) is 3.05. The molecule has 0 aliphatic rings. The maximum atomic E-state index is 12.9. The van der Waals surface area contributed by atoms with Crippen molar-refractivity contribution in [2.24, 2.45) is 0 Å². The van der Waals surface area contributed by atoms with Gasteiger partial charge < -0.3 is 5.32 Å². The van der Waals surface area contributed by atoms with Crippen molar-refractivity contribution in [3.8, 4) is 0 Å². The normalized spacial score (nSPS) is 11.5. The van der Waals surface area contributed by atoms with Gasteiger partial charge in [0.05, 0.1) is 18.5 Å². The molecule has 0 spiro atoms. The van der Waals surface area contributed by atoms with E-state index in [-0.39, 0.29) is 18.4 Å². The standard InChI is InChI=1S/C27H32N2O3S/c1-18(2)25-9-7-8-20(4)26(25)28-27(30)23-13-11-22(12-14-23)17-29(33(6,31)32)24-15-10-19(3)21(5)16-24/h7-16,18H,17H2,1-6H3,(H,28,30). The lowest BCUT2D eigenvalue weighted by molar-refractivity contribution is 0.102. The second-order valence-electron chi connectivity index (χ2n) is 8.88. The highest BCUT2D eigenvalue weighted by molar-refractivity contribution is 7.92. The van der Waals surface area contributed by atoms with Gasteiger partial charge in [0.15, 0.2) is 0 Å². The zero-order valence-corrected chi connectivity index (χ0v) is 21.0. The van der Waals surface area contributed by atoms with Crippen molar-refractivity contribution in [1.82, 2.24) is 0 Å². The number of sulfonamides is 1. The number of para-hydroxylation sites is 1. The largest absolute Gasteiger partial charge is 0.321 e. The molecule has 33 heavy (non-hydrogen) atoms. The fourth-order valence-corrected chi connectivity index (χ4v) is 4.62. The van der Waals surface area contributed by atoms with Crippen molar-refractivity contribution < 1.29 is 13.2 Å². The van der Waals surface area contributed by atoms with Gasteiger partial charge in [0.2, 0.25) is 10.0 Å². The number of benzene rings is 3. The van der Waals surface area contributed by atoms with Crippen LogP contribution in [-0.4, -0.2) is 20.6 Å². The lowest BCUT2D eigenvalue weighted by Gasteiger charge is -2.23. The average molecular weight is 465 g/mol. The Morgan fingerprint density at radius 1 is 0.909 bits per heavy atom. The Morgan fingerprint density at radius 3 is 2.15 bits per heavy atom. The van der Waals surface area contributed by atoms with E-state index in [4.69, 9.17) is 0 Å². The van der Waals surface area contributed by atoms with Gasteiger partial charge in [-0.15, -0.1) is 0 Å². The van der Waals surface area contributed by atoms with E-state index in [0.717, 1.165) is 33.5 Å². The zero-order chi connectivity index (χ0) is 24.3. The van der Waals surface area contributed by atoms with Gasteiger partial charge in [-0.3, -0.25) is 9.10 Å². The van der Waals surface area contributed by atoms with Crippen LogP contribution >= 0.6 is 0 Å². The van der Waals surface area contributed by atoms with Crippen LogP contribution in [0.2, 0.25) is 0 Å². The predicted molar refractivity (Wildman–Crippen MR) is 137 cm³/mol. The minimum absolute atomic E-state index is 0.188. The quantitative estimate of drug-likeness (QED) is 0.470. The van der Waals surface area contributed by atoms with Crippen molar-refractivity contribution in [1.29, 1.82) is 0 Å². The van der Waals surface area contributed by atoms with E-state index in [1.165, 1.54) is 10.6 Å². The van der Waals surface area contributed by atoms with E-state index in [1.807, 2.05) is 57.2 Å². The summed E-state index contributed by atoms with van der Waals surface area (Å²) in [7, 11) is -3.48. The number of carbonyl (C=O) groups is 1. The third-order valence-electron chi connectivity index (χ3n) is 5.89. The summed E-state index contributed by atoms with van der Waals surface area (Å²) < 4.78 is 26.4. The molecule has 0 aliphatic heterocycles. The molecule has 0 atom stereocenters. The van der Waals surface area contributed by atoms with Gasteiger partial charge in [-0.05, 0) is 78.8 Å². The summed E-state index contributed by atoms with van der Waals surface area (Å²) in [5.41, 5.74) is 7.05. The highest BCUT2D eigenvalue weighted by atomic mass is 32.2. The Bertz CT molecular complexity index is 1260. The predicted octanol–water partition coefficient (Wildman–Crippen LogP) is 5.95. The van der Waals surface area contributed by atoms with Crippen molar-refractivity contribution in [2.45, 2.75) is 47.1 Å². The molecule has 3 aromatic rings. The van der Waals surface area contributed by atoms with Crippen LogP contribution in [0.4, 0.5) is 11.4 Å². The van der Waals surface area contributed by atoms with Gasteiger partial charge in [0.1, 0.15) is 0 Å². The SMILES string of the molecule is Cc1ccc(N(Cc2ccc(C(=O)Nc3c(C)cccc3C(C)C)cc2)S(C)(=O)=O)cc1C. The minimum atomic E-state index is -3.48. The minimum Gasteiger partial charge on any atom is -0.321 e. The molecule has 0 radical (unpaired) electrons. The Hall–Kier alpha value is -3.12. The lowest BCUT2D eigenvalue weighted by atomic mass is 9.98. The van der Waals surface area contributed by atoms with Gasteiger partial charge in [0, 0.05) is 11.3 Å². The highest BCUT2D eigenvalue weighted by Crippen LogP contribution is 2.28. The molecular formula is C27H32N2O3S. The summed E-state index contributed by atoms with van der Waals surface area (Å²) in [4.78, 5) is 12.9. The number of nitrogens with one attached hydrogen (secondary N) is 1. The maximum absolute atomic E-state index is 12.9. The molecule has 0 aliphatic carbocycles. The molecule has 174 valence electrons. The Labute approximate surface area is 197 Å². The molecule has 0 heterocycles. The molecule has 0 bridgehead atoms. The first-order chi connectivity index (χ1) is 15.5. The van der Waals surface area contributed by atoms with Crippen LogP contribution in [-0.2, 0) is 16.6 Å². The number of anilines is 2. The van der Waals surface area contributed by atoms with E-state index in [2.05, 4.69) is 19.2 Å². The molecule has 0 aromatic heterocycles.